The molecule has 1 fully saturated rings. The smallest absolute Gasteiger partial charge is 0.249 e. The van der Waals surface area contributed by atoms with Gasteiger partial charge in [-0.1, -0.05) is 33.3 Å². The van der Waals surface area contributed by atoms with Gasteiger partial charge in [-0.3, -0.25) is 29.2 Å². The molecule has 9 heteroatoms. The maximum Gasteiger partial charge on any atom is 0.249 e. The van der Waals surface area contributed by atoms with Crippen LogP contribution >= 0.6 is 27.3 Å². The number of thiazole rings is 1. The molecule has 28 heavy (non-hydrogen) atoms. The van der Waals surface area contributed by atoms with Gasteiger partial charge in [-0.25, -0.2) is 4.98 Å². The largest absolute Gasteiger partial charge is 0.282 e. The molecule has 0 bridgehead atoms. The molecule has 3 amide bonds. The summed E-state index contributed by atoms with van der Waals surface area (Å²) in [5, 5.41) is 0.515. The number of carbonyl (C=O) groups is 3. The Labute approximate surface area is 173 Å². The molecule has 0 atom stereocenters. The van der Waals surface area contributed by atoms with Crippen molar-refractivity contribution in [1.29, 1.82) is 0 Å². The second kappa shape index (κ2) is 7.76. The van der Waals surface area contributed by atoms with Gasteiger partial charge in [0.25, 0.3) is 0 Å². The number of nitrogens with zero attached hydrogens (tertiary/aromatic N) is 4. The van der Waals surface area contributed by atoms with E-state index in [1.54, 1.807) is 18.5 Å². The van der Waals surface area contributed by atoms with E-state index >= 15 is 0 Å². The summed E-state index contributed by atoms with van der Waals surface area (Å²) in [4.78, 5) is 48.1. The lowest BCUT2D eigenvalue weighted by atomic mass is 10.2. The van der Waals surface area contributed by atoms with Crippen molar-refractivity contribution in [3.63, 3.8) is 0 Å². The predicted molar refractivity (Wildman–Crippen MR) is 109 cm³/mol. The van der Waals surface area contributed by atoms with Crippen molar-refractivity contribution in [3.8, 4) is 0 Å². The minimum absolute atomic E-state index is 0.157. The molecule has 142 valence electrons. The molecule has 0 aliphatic carbocycles. The van der Waals surface area contributed by atoms with Crippen LogP contribution in [0.1, 0.15) is 18.4 Å². The summed E-state index contributed by atoms with van der Waals surface area (Å²) in [6.07, 6.45) is 3.65. The zero-order valence-corrected chi connectivity index (χ0v) is 17.1. The third kappa shape index (κ3) is 3.81. The van der Waals surface area contributed by atoms with Crippen LogP contribution in [0.5, 0.6) is 0 Å². The zero-order chi connectivity index (χ0) is 19.7. The first-order valence-corrected chi connectivity index (χ1v) is 10.2. The van der Waals surface area contributed by atoms with Crippen molar-refractivity contribution < 1.29 is 14.4 Å². The van der Waals surface area contributed by atoms with Crippen LogP contribution in [0.2, 0.25) is 0 Å². The lowest BCUT2D eigenvalue weighted by Gasteiger charge is -2.22. The molecule has 1 aromatic carbocycles. The molecule has 4 rings (SSSR count). The molecule has 1 saturated heterocycles. The van der Waals surface area contributed by atoms with Crippen molar-refractivity contribution in [2.24, 2.45) is 0 Å². The van der Waals surface area contributed by atoms with Crippen LogP contribution in [0.3, 0.4) is 0 Å². The highest BCUT2D eigenvalue weighted by Crippen LogP contribution is 2.32. The molecule has 1 aliphatic rings. The van der Waals surface area contributed by atoms with Gasteiger partial charge >= 0.3 is 0 Å². The quantitative estimate of drug-likeness (QED) is 0.548. The number of carbonyl (C=O) groups excluding carboxylic acids is 3. The Kier molecular flexibility index (Phi) is 5.19. The molecule has 0 radical (unpaired) electrons. The molecular formula is C19H15BrN4O3S. The van der Waals surface area contributed by atoms with E-state index in [-0.39, 0.29) is 43.7 Å². The van der Waals surface area contributed by atoms with Crippen molar-refractivity contribution >= 4 is 60.3 Å². The summed E-state index contributed by atoms with van der Waals surface area (Å²) in [5.74, 6) is -0.980. The number of pyridine rings is 1. The third-order valence-corrected chi connectivity index (χ3v) is 5.92. The monoisotopic (exact) mass is 458 g/mol. The van der Waals surface area contributed by atoms with Crippen molar-refractivity contribution in [3.05, 3.63) is 52.8 Å². The highest BCUT2D eigenvalue weighted by Gasteiger charge is 2.32. The van der Waals surface area contributed by atoms with Crippen LogP contribution in [0.15, 0.2) is 47.2 Å². The lowest BCUT2D eigenvalue weighted by molar-refractivity contribution is -0.141. The van der Waals surface area contributed by atoms with Crippen LogP contribution in [0, 0.1) is 0 Å². The van der Waals surface area contributed by atoms with E-state index < -0.39 is 0 Å². The molecule has 0 spiro atoms. The van der Waals surface area contributed by atoms with Gasteiger partial charge in [0.05, 0.1) is 16.8 Å². The maximum absolute atomic E-state index is 13.1. The Bertz CT molecular complexity index is 1050. The van der Waals surface area contributed by atoms with E-state index in [0.717, 1.165) is 25.2 Å². The number of imide groups is 1. The number of likely N-dealkylation sites (tertiary alicyclic amines) is 1. The number of amides is 3. The van der Waals surface area contributed by atoms with E-state index in [2.05, 4.69) is 25.9 Å². The molecular weight excluding hydrogens is 444 g/mol. The van der Waals surface area contributed by atoms with Crippen molar-refractivity contribution in [2.45, 2.75) is 19.4 Å². The van der Waals surface area contributed by atoms with Crippen LogP contribution in [-0.2, 0) is 20.9 Å². The Morgan fingerprint density at radius 3 is 2.71 bits per heavy atom. The van der Waals surface area contributed by atoms with E-state index in [9.17, 15) is 14.4 Å². The number of fused-ring (bicyclic) bond motifs is 1. The van der Waals surface area contributed by atoms with Crippen molar-refractivity contribution in [1.82, 2.24) is 14.9 Å². The summed E-state index contributed by atoms with van der Waals surface area (Å²) in [7, 11) is 0. The molecule has 2 aromatic heterocycles. The number of hydrogen-bond donors (Lipinski definition) is 0. The highest BCUT2D eigenvalue weighted by molar-refractivity contribution is 9.10. The zero-order valence-electron chi connectivity index (χ0n) is 14.7. The topological polar surface area (TPSA) is 83.5 Å². The number of aromatic nitrogens is 2. The number of halogens is 1. The van der Waals surface area contributed by atoms with Gasteiger partial charge in [0, 0.05) is 29.7 Å². The fourth-order valence-electron chi connectivity index (χ4n) is 2.96. The van der Waals surface area contributed by atoms with Gasteiger partial charge in [0.2, 0.25) is 17.7 Å². The molecule has 1 aliphatic heterocycles. The second-order valence-corrected chi connectivity index (χ2v) is 8.25. The highest BCUT2D eigenvalue weighted by atomic mass is 79.9. The maximum atomic E-state index is 13.1. The number of benzene rings is 1. The summed E-state index contributed by atoms with van der Waals surface area (Å²) in [6.45, 7) is -0.0264. The normalized spacial score (nSPS) is 14.1. The average Bonchev–Trinajstić information content (AvgIpc) is 3.24. The average molecular weight is 459 g/mol. The fourth-order valence-corrected chi connectivity index (χ4v) is 4.49. The van der Waals surface area contributed by atoms with Gasteiger partial charge < -0.3 is 0 Å². The first-order chi connectivity index (χ1) is 13.5. The van der Waals surface area contributed by atoms with Crippen LogP contribution in [0.25, 0.3) is 10.2 Å². The van der Waals surface area contributed by atoms with Gasteiger partial charge in [-0.05, 0) is 29.8 Å². The molecule has 7 nitrogen and oxygen atoms in total. The van der Waals surface area contributed by atoms with E-state index in [0.29, 0.717) is 5.13 Å². The summed E-state index contributed by atoms with van der Waals surface area (Å²) in [5.41, 5.74) is 1.61. The van der Waals surface area contributed by atoms with E-state index in [1.165, 1.54) is 16.2 Å². The van der Waals surface area contributed by atoms with Crippen LogP contribution < -0.4 is 4.90 Å². The predicted octanol–water partition coefficient (Wildman–Crippen LogP) is 3.14. The van der Waals surface area contributed by atoms with Gasteiger partial charge in [-0.15, -0.1) is 0 Å². The standard InChI is InChI=1S/C19H15BrN4O3S/c20-13-3-4-14-15(8-13)28-19(22-14)24(10-12-2-1-7-21-9-12)18(27)11-23-16(25)5-6-17(23)26/h1-4,7-9H,5-6,10-11H2. The molecule has 0 unspecified atom stereocenters. The molecule has 3 heterocycles. The molecule has 3 aromatic rings. The SMILES string of the molecule is O=C1CCC(=O)N1CC(=O)N(Cc1cccnc1)c1nc2ccc(Br)cc2s1. The fraction of sp³-hybridized carbons (Fsp3) is 0.211. The number of hydrogen-bond acceptors (Lipinski definition) is 6. The molecule has 0 saturated carbocycles. The Hall–Kier alpha value is -2.65. The van der Waals surface area contributed by atoms with E-state index in [1.807, 2.05) is 24.3 Å². The lowest BCUT2D eigenvalue weighted by Crippen LogP contribution is -2.42. The first-order valence-electron chi connectivity index (χ1n) is 8.60. The Balaban J connectivity index is 1.67. The number of anilines is 1. The Morgan fingerprint density at radius 1 is 1.21 bits per heavy atom. The van der Waals surface area contributed by atoms with Gasteiger partial charge in [0.1, 0.15) is 6.54 Å². The minimum atomic E-state index is -0.356. The second-order valence-electron chi connectivity index (χ2n) is 6.32. The minimum Gasteiger partial charge on any atom is -0.282 e. The first kappa shape index (κ1) is 18.7. The van der Waals surface area contributed by atoms with E-state index in [4.69, 9.17) is 0 Å². The summed E-state index contributed by atoms with van der Waals surface area (Å²) >= 11 is 4.82. The van der Waals surface area contributed by atoms with Crippen LogP contribution in [-0.4, -0.2) is 39.1 Å². The summed E-state index contributed by atoms with van der Waals surface area (Å²) in [6, 6.07) is 9.36. The summed E-state index contributed by atoms with van der Waals surface area (Å²) < 4.78 is 1.86. The van der Waals surface area contributed by atoms with Crippen LogP contribution in [0.4, 0.5) is 5.13 Å². The van der Waals surface area contributed by atoms with Crippen molar-refractivity contribution in [2.75, 3.05) is 11.4 Å². The third-order valence-electron chi connectivity index (χ3n) is 4.38. The van der Waals surface area contributed by atoms with Gasteiger partial charge in [0.15, 0.2) is 5.13 Å². The Morgan fingerprint density at radius 2 is 2.00 bits per heavy atom. The van der Waals surface area contributed by atoms with Gasteiger partial charge in [-0.2, -0.15) is 0 Å². The molecule has 0 N–H and O–H groups in total. The number of rotatable bonds is 5.